The fourth-order valence-corrected chi connectivity index (χ4v) is 3.16. The second-order valence-electron chi connectivity index (χ2n) is 7.87. The molecule has 0 spiro atoms. The molecule has 1 amide bonds. The number of alkyl carbamates (subject to hydrolysis) is 1. The number of ether oxygens (including phenoxy) is 6. The number of amides is 1. The summed E-state index contributed by atoms with van der Waals surface area (Å²) < 4.78 is 33.9. The zero-order valence-electron chi connectivity index (χ0n) is 16.2. The topological polar surface area (TPSA) is 84.5 Å². The highest BCUT2D eigenvalue weighted by molar-refractivity contribution is 5.67. The second-order valence-corrected chi connectivity index (χ2v) is 7.87. The Hall–Kier alpha value is -0.930. The lowest BCUT2D eigenvalue weighted by molar-refractivity contribution is -0.224. The third-order valence-corrected chi connectivity index (χ3v) is 4.05. The summed E-state index contributed by atoms with van der Waals surface area (Å²) in [5, 5.41) is 2.77. The van der Waals surface area contributed by atoms with Crippen LogP contribution in [0.5, 0.6) is 0 Å². The highest BCUT2D eigenvalue weighted by Gasteiger charge is 2.56. The molecule has 146 valence electrons. The van der Waals surface area contributed by atoms with E-state index in [1.165, 1.54) is 0 Å². The molecule has 1 N–H and O–H groups in total. The molecular weight excluding hydrogens is 330 g/mol. The Morgan fingerprint density at radius 3 is 2.48 bits per heavy atom. The standard InChI is InChI=1S/C17H31NO7/c1-16(2,3)25-15(19)18-8-10(9-20-6)11-12(21-7)13-14(22-11)24-17(4,5)23-13/h10-14H,8-9H2,1-7H3,(H,18,19)/t10-,11+,12-,13+,14+/m0/s1. The van der Waals surface area contributed by atoms with Crippen molar-refractivity contribution in [2.24, 2.45) is 5.92 Å². The third-order valence-electron chi connectivity index (χ3n) is 4.05. The third kappa shape index (κ3) is 5.27. The van der Waals surface area contributed by atoms with Crippen molar-refractivity contribution in [3.8, 4) is 0 Å². The second kappa shape index (κ2) is 7.75. The maximum atomic E-state index is 11.9. The van der Waals surface area contributed by atoms with Gasteiger partial charge < -0.3 is 33.7 Å². The fourth-order valence-electron chi connectivity index (χ4n) is 3.16. The Labute approximate surface area is 149 Å². The van der Waals surface area contributed by atoms with Gasteiger partial charge in [0, 0.05) is 26.7 Å². The Balaban J connectivity index is 1.99. The minimum Gasteiger partial charge on any atom is -0.444 e. The number of nitrogens with one attached hydrogen (secondary N) is 1. The molecule has 0 unspecified atom stereocenters. The van der Waals surface area contributed by atoms with Crippen LogP contribution in [0, 0.1) is 5.92 Å². The van der Waals surface area contributed by atoms with Gasteiger partial charge in [0.15, 0.2) is 12.1 Å². The Bertz CT molecular complexity index is 462. The summed E-state index contributed by atoms with van der Waals surface area (Å²) in [4.78, 5) is 11.9. The van der Waals surface area contributed by atoms with Crippen LogP contribution in [0.15, 0.2) is 0 Å². The van der Waals surface area contributed by atoms with Crippen molar-refractivity contribution >= 4 is 6.09 Å². The normalized spacial score (nSPS) is 32.3. The van der Waals surface area contributed by atoms with Crippen molar-refractivity contribution in [2.45, 2.75) is 70.6 Å². The van der Waals surface area contributed by atoms with E-state index in [1.54, 1.807) is 14.2 Å². The SMILES string of the molecule is COC[C@H](CNC(=O)OC(C)(C)C)[C@H]1O[C@@H]2OC(C)(C)O[C@@H]2[C@H]1OC. The number of rotatable bonds is 6. The first-order valence-corrected chi connectivity index (χ1v) is 8.56. The molecule has 0 aromatic heterocycles. The van der Waals surface area contributed by atoms with Gasteiger partial charge >= 0.3 is 6.09 Å². The number of methoxy groups -OCH3 is 2. The first kappa shape index (κ1) is 20.4. The van der Waals surface area contributed by atoms with Crippen LogP contribution in [-0.2, 0) is 28.4 Å². The summed E-state index contributed by atoms with van der Waals surface area (Å²) in [6.45, 7) is 9.85. The number of hydrogen-bond acceptors (Lipinski definition) is 7. The molecule has 0 radical (unpaired) electrons. The van der Waals surface area contributed by atoms with Gasteiger partial charge in [-0.2, -0.15) is 0 Å². The molecule has 0 bridgehead atoms. The number of carbonyl (C=O) groups is 1. The molecule has 25 heavy (non-hydrogen) atoms. The quantitative estimate of drug-likeness (QED) is 0.770. The first-order chi connectivity index (χ1) is 11.6. The Kier molecular flexibility index (Phi) is 6.32. The van der Waals surface area contributed by atoms with Gasteiger partial charge in [0.2, 0.25) is 0 Å². The van der Waals surface area contributed by atoms with E-state index in [0.29, 0.717) is 13.2 Å². The van der Waals surface area contributed by atoms with E-state index in [2.05, 4.69) is 5.32 Å². The average molecular weight is 361 g/mol. The van der Waals surface area contributed by atoms with Gasteiger partial charge in [-0.05, 0) is 34.6 Å². The van der Waals surface area contributed by atoms with Crippen molar-refractivity contribution in [3.05, 3.63) is 0 Å². The maximum Gasteiger partial charge on any atom is 0.407 e. The Morgan fingerprint density at radius 2 is 1.92 bits per heavy atom. The zero-order valence-corrected chi connectivity index (χ0v) is 16.2. The number of carbonyl (C=O) groups excluding carboxylic acids is 1. The minimum atomic E-state index is -0.706. The lowest BCUT2D eigenvalue weighted by Gasteiger charge is -2.30. The van der Waals surface area contributed by atoms with E-state index in [0.717, 1.165) is 0 Å². The molecule has 2 heterocycles. The highest BCUT2D eigenvalue weighted by atomic mass is 16.8. The molecule has 5 atom stereocenters. The van der Waals surface area contributed by atoms with Gasteiger partial charge in [-0.3, -0.25) is 0 Å². The van der Waals surface area contributed by atoms with E-state index in [1.807, 2.05) is 34.6 Å². The van der Waals surface area contributed by atoms with Crippen LogP contribution in [0.4, 0.5) is 4.79 Å². The van der Waals surface area contributed by atoms with E-state index >= 15 is 0 Å². The number of fused-ring (bicyclic) bond motifs is 1. The maximum absolute atomic E-state index is 11.9. The predicted molar refractivity (Wildman–Crippen MR) is 89.1 cm³/mol. The molecule has 0 aliphatic carbocycles. The molecule has 2 fully saturated rings. The van der Waals surface area contributed by atoms with Gasteiger partial charge in [0.1, 0.15) is 17.8 Å². The molecule has 2 aliphatic rings. The fraction of sp³-hybridized carbons (Fsp3) is 0.941. The van der Waals surface area contributed by atoms with Crippen LogP contribution in [0.1, 0.15) is 34.6 Å². The van der Waals surface area contributed by atoms with Gasteiger partial charge in [-0.1, -0.05) is 0 Å². The predicted octanol–water partition coefficient (Wildman–Crippen LogP) is 1.67. The van der Waals surface area contributed by atoms with Crippen LogP contribution in [-0.4, -0.2) is 69.5 Å². The summed E-state index contributed by atoms with van der Waals surface area (Å²) >= 11 is 0. The van der Waals surface area contributed by atoms with E-state index < -0.39 is 23.8 Å². The van der Waals surface area contributed by atoms with Crippen LogP contribution >= 0.6 is 0 Å². The molecule has 2 saturated heterocycles. The van der Waals surface area contributed by atoms with E-state index in [9.17, 15) is 4.79 Å². The zero-order chi connectivity index (χ0) is 18.8. The molecule has 0 aromatic carbocycles. The smallest absolute Gasteiger partial charge is 0.407 e. The molecule has 2 rings (SSSR count). The molecular formula is C17H31NO7. The molecule has 2 aliphatic heterocycles. The van der Waals surface area contributed by atoms with Crippen LogP contribution in [0.2, 0.25) is 0 Å². The number of hydrogen-bond donors (Lipinski definition) is 1. The van der Waals surface area contributed by atoms with Gasteiger partial charge in [-0.15, -0.1) is 0 Å². The molecule has 0 saturated carbocycles. The van der Waals surface area contributed by atoms with Crippen LogP contribution in [0.25, 0.3) is 0 Å². The summed E-state index contributed by atoms with van der Waals surface area (Å²) in [6, 6.07) is 0. The van der Waals surface area contributed by atoms with Crippen molar-refractivity contribution < 1.29 is 33.2 Å². The van der Waals surface area contributed by atoms with Gasteiger partial charge in [-0.25, -0.2) is 4.79 Å². The van der Waals surface area contributed by atoms with Crippen LogP contribution < -0.4 is 5.32 Å². The largest absolute Gasteiger partial charge is 0.444 e. The van der Waals surface area contributed by atoms with Gasteiger partial charge in [0.05, 0.1) is 12.7 Å². The van der Waals surface area contributed by atoms with E-state index in [-0.39, 0.29) is 24.2 Å². The summed E-state index contributed by atoms with van der Waals surface area (Å²) in [6.07, 6.45) is -1.93. The lowest BCUT2D eigenvalue weighted by Crippen LogP contribution is -2.46. The van der Waals surface area contributed by atoms with Crippen LogP contribution in [0.3, 0.4) is 0 Å². The van der Waals surface area contributed by atoms with E-state index in [4.69, 9.17) is 28.4 Å². The first-order valence-electron chi connectivity index (χ1n) is 8.56. The highest BCUT2D eigenvalue weighted by Crippen LogP contribution is 2.40. The van der Waals surface area contributed by atoms with Crippen molar-refractivity contribution in [2.75, 3.05) is 27.4 Å². The minimum absolute atomic E-state index is 0.136. The van der Waals surface area contributed by atoms with Crippen molar-refractivity contribution in [3.63, 3.8) is 0 Å². The summed E-state index contributed by atoms with van der Waals surface area (Å²) in [5.74, 6) is -0.842. The van der Waals surface area contributed by atoms with Gasteiger partial charge in [0.25, 0.3) is 0 Å². The molecule has 0 aromatic rings. The monoisotopic (exact) mass is 361 g/mol. The molecule has 8 nitrogen and oxygen atoms in total. The Morgan fingerprint density at radius 1 is 1.24 bits per heavy atom. The van der Waals surface area contributed by atoms with Crippen molar-refractivity contribution in [1.29, 1.82) is 0 Å². The molecule has 8 heteroatoms. The summed E-state index contributed by atoms with van der Waals surface area (Å²) in [7, 11) is 3.22. The van der Waals surface area contributed by atoms with Crippen molar-refractivity contribution in [1.82, 2.24) is 5.32 Å². The average Bonchev–Trinajstić information content (AvgIpc) is 2.92. The lowest BCUT2D eigenvalue weighted by atomic mass is 9.97. The summed E-state index contributed by atoms with van der Waals surface area (Å²) in [5.41, 5.74) is -0.552.